The van der Waals surface area contributed by atoms with Gasteiger partial charge in [0.05, 0.1) is 30.2 Å². The number of nitrogen functional groups attached to an aromatic ring is 1. The number of aliphatic hydroxyl groups excluding tert-OH is 1. The first-order chi connectivity index (χ1) is 12.7. The lowest BCUT2D eigenvalue weighted by Crippen LogP contribution is -2.38. The van der Waals surface area contributed by atoms with E-state index in [-0.39, 0.29) is 12.2 Å². The minimum absolute atomic E-state index is 0.202. The fourth-order valence-corrected chi connectivity index (χ4v) is 3.61. The zero-order valence-electron chi connectivity index (χ0n) is 14.8. The molecule has 0 amide bonds. The van der Waals surface area contributed by atoms with Crippen LogP contribution in [0.5, 0.6) is 0 Å². The molecule has 3 heterocycles. The van der Waals surface area contributed by atoms with Crippen LogP contribution in [-0.2, 0) is 11.3 Å². The van der Waals surface area contributed by atoms with Gasteiger partial charge in [-0.15, -0.1) is 0 Å². The van der Waals surface area contributed by atoms with E-state index in [1.165, 1.54) is 0 Å². The zero-order chi connectivity index (χ0) is 17.9. The second-order valence-corrected chi connectivity index (χ2v) is 7.15. The first-order valence-corrected chi connectivity index (χ1v) is 9.26. The fraction of sp³-hybridized carbons (Fsp3) is 0.526. The molecule has 7 nitrogen and oxygen atoms in total. The predicted octanol–water partition coefficient (Wildman–Crippen LogP) is 1.88. The quantitative estimate of drug-likeness (QED) is 0.845. The summed E-state index contributed by atoms with van der Waals surface area (Å²) in [6.07, 6.45) is 5.26. The number of nitrogens with two attached hydrogens (primary N) is 1. The summed E-state index contributed by atoms with van der Waals surface area (Å²) in [4.78, 5) is 15.3. The highest BCUT2D eigenvalue weighted by molar-refractivity contribution is 5.45. The summed E-state index contributed by atoms with van der Waals surface area (Å²) in [6, 6.07) is 7.90. The van der Waals surface area contributed by atoms with Crippen molar-refractivity contribution in [3.8, 4) is 0 Å². The SMILES string of the molecule is Nc1nc(C2CC(O)C2)cc(N2CCC(OCc3ccccn3)CC2)n1. The molecule has 0 bridgehead atoms. The Hall–Kier alpha value is -2.25. The molecule has 1 aliphatic carbocycles. The molecular weight excluding hydrogens is 330 g/mol. The maximum atomic E-state index is 9.53. The van der Waals surface area contributed by atoms with E-state index in [4.69, 9.17) is 10.5 Å². The average Bonchev–Trinajstić information content (AvgIpc) is 2.64. The lowest BCUT2D eigenvalue weighted by atomic mass is 9.80. The second kappa shape index (κ2) is 7.55. The Balaban J connectivity index is 1.33. The first kappa shape index (κ1) is 17.2. The molecule has 2 aliphatic rings. The number of piperidine rings is 1. The summed E-state index contributed by atoms with van der Waals surface area (Å²) in [5.74, 6) is 1.50. The third-order valence-corrected chi connectivity index (χ3v) is 5.24. The van der Waals surface area contributed by atoms with E-state index >= 15 is 0 Å². The number of ether oxygens (including phenoxy) is 1. The lowest BCUT2D eigenvalue weighted by molar-refractivity contribution is 0.0233. The van der Waals surface area contributed by atoms with Crippen LogP contribution in [0.1, 0.15) is 43.0 Å². The Bertz CT molecular complexity index is 728. The van der Waals surface area contributed by atoms with Crippen LogP contribution < -0.4 is 10.6 Å². The maximum Gasteiger partial charge on any atom is 0.222 e. The van der Waals surface area contributed by atoms with Gasteiger partial charge in [-0.3, -0.25) is 4.98 Å². The molecule has 0 unspecified atom stereocenters. The van der Waals surface area contributed by atoms with Crippen LogP contribution >= 0.6 is 0 Å². The average molecular weight is 355 g/mol. The molecule has 0 aromatic carbocycles. The molecule has 1 saturated heterocycles. The summed E-state index contributed by atoms with van der Waals surface area (Å²) in [7, 11) is 0. The number of hydrogen-bond acceptors (Lipinski definition) is 7. The van der Waals surface area contributed by atoms with Gasteiger partial charge in [0.2, 0.25) is 5.95 Å². The molecule has 3 N–H and O–H groups in total. The summed E-state index contributed by atoms with van der Waals surface area (Å²) in [5, 5.41) is 9.53. The van der Waals surface area contributed by atoms with Crippen LogP contribution in [0.3, 0.4) is 0 Å². The maximum absolute atomic E-state index is 9.53. The lowest BCUT2D eigenvalue weighted by Gasteiger charge is -2.34. The van der Waals surface area contributed by atoms with Gasteiger partial charge in [-0.05, 0) is 37.8 Å². The fourth-order valence-electron chi connectivity index (χ4n) is 3.61. The largest absolute Gasteiger partial charge is 0.393 e. The molecule has 2 aromatic heterocycles. The third-order valence-electron chi connectivity index (χ3n) is 5.24. The van der Waals surface area contributed by atoms with Gasteiger partial charge in [0.1, 0.15) is 5.82 Å². The molecule has 26 heavy (non-hydrogen) atoms. The summed E-state index contributed by atoms with van der Waals surface area (Å²) in [6.45, 7) is 2.33. The number of aromatic nitrogens is 3. The number of aliphatic hydroxyl groups is 1. The molecular formula is C19H25N5O2. The summed E-state index contributed by atoms with van der Waals surface area (Å²) < 4.78 is 6.00. The van der Waals surface area contributed by atoms with Crippen LogP contribution in [0.15, 0.2) is 30.5 Å². The monoisotopic (exact) mass is 355 g/mol. The van der Waals surface area contributed by atoms with E-state index in [0.29, 0.717) is 18.5 Å². The molecule has 2 fully saturated rings. The Labute approximate surface area is 153 Å². The Morgan fingerprint density at radius 2 is 2.00 bits per heavy atom. The first-order valence-electron chi connectivity index (χ1n) is 9.26. The van der Waals surface area contributed by atoms with E-state index in [1.54, 1.807) is 6.20 Å². The van der Waals surface area contributed by atoms with Crippen molar-refractivity contribution in [2.45, 2.75) is 50.4 Å². The van der Waals surface area contributed by atoms with E-state index in [1.807, 2.05) is 24.3 Å². The van der Waals surface area contributed by atoms with Crippen LogP contribution in [0.2, 0.25) is 0 Å². The number of nitrogens with zero attached hydrogens (tertiary/aromatic N) is 4. The van der Waals surface area contributed by atoms with Gasteiger partial charge < -0.3 is 20.5 Å². The molecule has 7 heteroatoms. The van der Waals surface area contributed by atoms with Crippen LogP contribution in [0.25, 0.3) is 0 Å². The van der Waals surface area contributed by atoms with Crippen LogP contribution in [-0.4, -0.2) is 45.4 Å². The Morgan fingerprint density at radius 1 is 1.19 bits per heavy atom. The van der Waals surface area contributed by atoms with Crippen molar-refractivity contribution >= 4 is 11.8 Å². The molecule has 138 valence electrons. The molecule has 1 aliphatic heterocycles. The van der Waals surface area contributed by atoms with E-state index < -0.39 is 0 Å². The van der Waals surface area contributed by atoms with Gasteiger partial charge in [0, 0.05) is 31.3 Å². The minimum Gasteiger partial charge on any atom is -0.393 e. The Kier molecular flexibility index (Phi) is 4.99. The van der Waals surface area contributed by atoms with Crippen LogP contribution in [0.4, 0.5) is 11.8 Å². The minimum atomic E-state index is -0.202. The smallest absolute Gasteiger partial charge is 0.222 e. The number of rotatable bonds is 5. The molecule has 0 spiro atoms. The second-order valence-electron chi connectivity index (χ2n) is 7.15. The van der Waals surface area contributed by atoms with Crippen molar-refractivity contribution in [3.63, 3.8) is 0 Å². The highest BCUT2D eigenvalue weighted by atomic mass is 16.5. The number of pyridine rings is 1. The molecule has 1 saturated carbocycles. The molecule has 4 rings (SSSR count). The number of hydrogen-bond donors (Lipinski definition) is 2. The van der Waals surface area contributed by atoms with Crippen molar-refractivity contribution in [3.05, 3.63) is 41.9 Å². The van der Waals surface area contributed by atoms with E-state index in [9.17, 15) is 5.11 Å². The van der Waals surface area contributed by atoms with Gasteiger partial charge in [-0.1, -0.05) is 6.07 Å². The molecule has 0 atom stereocenters. The van der Waals surface area contributed by atoms with Gasteiger partial charge in [0.15, 0.2) is 0 Å². The van der Waals surface area contributed by atoms with Crippen LogP contribution in [0, 0.1) is 0 Å². The topological polar surface area (TPSA) is 97.4 Å². The van der Waals surface area contributed by atoms with Gasteiger partial charge >= 0.3 is 0 Å². The van der Waals surface area contributed by atoms with Gasteiger partial charge in [-0.25, -0.2) is 4.98 Å². The third kappa shape index (κ3) is 3.94. The zero-order valence-corrected chi connectivity index (χ0v) is 14.8. The highest BCUT2D eigenvalue weighted by Crippen LogP contribution is 2.37. The van der Waals surface area contributed by atoms with Crippen molar-refractivity contribution in [2.75, 3.05) is 23.7 Å². The predicted molar refractivity (Wildman–Crippen MR) is 98.7 cm³/mol. The van der Waals surface area contributed by atoms with Crippen molar-refractivity contribution < 1.29 is 9.84 Å². The number of anilines is 2. The molecule has 2 aromatic rings. The highest BCUT2D eigenvalue weighted by Gasteiger charge is 2.31. The van der Waals surface area contributed by atoms with E-state index in [2.05, 4.69) is 19.9 Å². The van der Waals surface area contributed by atoms with Crippen molar-refractivity contribution in [1.82, 2.24) is 15.0 Å². The summed E-state index contributed by atoms with van der Waals surface area (Å²) in [5.41, 5.74) is 7.83. The summed E-state index contributed by atoms with van der Waals surface area (Å²) >= 11 is 0. The molecule has 0 radical (unpaired) electrons. The normalized spacial score (nSPS) is 23.7. The van der Waals surface area contributed by atoms with Crippen molar-refractivity contribution in [2.24, 2.45) is 0 Å². The van der Waals surface area contributed by atoms with Gasteiger partial charge in [-0.2, -0.15) is 4.98 Å². The van der Waals surface area contributed by atoms with Crippen molar-refractivity contribution in [1.29, 1.82) is 0 Å². The van der Waals surface area contributed by atoms with Gasteiger partial charge in [0.25, 0.3) is 0 Å². The Morgan fingerprint density at radius 3 is 2.69 bits per heavy atom. The standard InChI is InChI=1S/C19H25N5O2/c20-19-22-17(13-9-15(25)10-13)11-18(23-19)24-7-4-16(5-8-24)26-12-14-3-1-2-6-21-14/h1-3,6,11,13,15-16,25H,4-5,7-10,12H2,(H2,20,22,23). The van der Waals surface area contributed by atoms with E-state index in [0.717, 1.165) is 56.0 Å².